The summed E-state index contributed by atoms with van der Waals surface area (Å²) in [6.07, 6.45) is 0. The quantitative estimate of drug-likeness (QED) is 0.188. The molecular weight excluding hydrogens is 639 g/mol. The van der Waals surface area contributed by atoms with Gasteiger partial charge in [0.25, 0.3) is 0 Å². The summed E-state index contributed by atoms with van der Waals surface area (Å²) in [6.45, 7) is 0. The standard InChI is InChI=1S/C47H25N3O2/c1-2-10-30-29(9-1)32-13-7-14-33-36(24-23-34(30)42(32)33)46-48-45(49-47(50-46)38-15-8-18-41-43(38)37-12-4-6-17-40(37)51-41)27-20-21-28-26(25-27)19-22-35-31-11-3-5-16-39(31)52-44(28)35/h1-25H. The first-order valence-corrected chi connectivity index (χ1v) is 17.4. The smallest absolute Gasteiger partial charge is 0.164 e. The van der Waals surface area contributed by atoms with Crippen molar-refractivity contribution in [1.29, 1.82) is 0 Å². The van der Waals surface area contributed by atoms with Crippen molar-refractivity contribution in [3.05, 3.63) is 152 Å². The summed E-state index contributed by atoms with van der Waals surface area (Å²) < 4.78 is 12.7. The van der Waals surface area contributed by atoms with Crippen LogP contribution in [0.1, 0.15) is 0 Å². The molecule has 0 aliphatic heterocycles. The van der Waals surface area contributed by atoms with E-state index in [4.69, 9.17) is 23.8 Å². The number of hydrogen-bond donors (Lipinski definition) is 0. The molecule has 0 unspecified atom stereocenters. The fourth-order valence-electron chi connectivity index (χ4n) is 8.36. The molecule has 0 saturated heterocycles. The highest BCUT2D eigenvalue weighted by atomic mass is 16.3. The van der Waals surface area contributed by atoms with Gasteiger partial charge in [-0.05, 0) is 80.9 Å². The molecule has 8 aromatic carbocycles. The van der Waals surface area contributed by atoms with Crippen LogP contribution in [0.15, 0.2) is 160 Å². The van der Waals surface area contributed by atoms with Gasteiger partial charge in [-0.15, -0.1) is 0 Å². The van der Waals surface area contributed by atoms with Crippen molar-refractivity contribution in [2.24, 2.45) is 0 Å². The molecule has 0 atom stereocenters. The summed E-state index contributed by atoms with van der Waals surface area (Å²) in [5.41, 5.74) is 11.1. The summed E-state index contributed by atoms with van der Waals surface area (Å²) in [7, 11) is 0. The Morgan fingerprint density at radius 2 is 0.923 bits per heavy atom. The molecule has 5 nitrogen and oxygen atoms in total. The van der Waals surface area contributed by atoms with Crippen LogP contribution in [-0.2, 0) is 0 Å². The second kappa shape index (κ2) is 10.2. The maximum absolute atomic E-state index is 6.37. The van der Waals surface area contributed by atoms with E-state index in [9.17, 15) is 0 Å². The largest absolute Gasteiger partial charge is 0.456 e. The zero-order chi connectivity index (χ0) is 33.9. The predicted molar refractivity (Wildman–Crippen MR) is 210 cm³/mol. The van der Waals surface area contributed by atoms with Crippen LogP contribution in [0.25, 0.3) is 122 Å². The normalized spacial score (nSPS) is 12.2. The first-order valence-electron chi connectivity index (χ1n) is 17.4. The SMILES string of the molecule is c1ccc2c(c1)-c1cccc3c(-c4nc(-c5ccc6c(ccc7c8ccccc8oc67)c5)nc(-c5cccc6oc7ccccc7c56)n4)ccc-2c13. The molecule has 3 aromatic heterocycles. The molecule has 0 spiro atoms. The van der Waals surface area contributed by atoms with Crippen LogP contribution in [0, 0.1) is 0 Å². The van der Waals surface area contributed by atoms with E-state index < -0.39 is 0 Å². The van der Waals surface area contributed by atoms with Gasteiger partial charge in [-0.2, -0.15) is 0 Å². The van der Waals surface area contributed by atoms with Crippen LogP contribution < -0.4 is 0 Å². The molecule has 0 fully saturated rings. The lowest BCUT2D eigenvalue weighted by Crippen LogP contribution is -2.01. The van der Waals surface area contributed by atoms with E-state index in [1.54, 1.807) is 0 Å². The zero-order valence-corrected chi connectivity index (χ0v) is 27.6. The van der Waals surface area contributed by atoms with E-state index >= 15 is 0 Å². The van der Waals surface area contributed by atoms with Crippen LogP contribution in [0.4, 0.5) is 0 Å². The Morgan fingerprint density at radius 1 is 0.327 bits per heavy atom. The average molecular weight is 664 g/mol. The van der Waals surface area contributed by atoms with Crippen molar-refractivity contribution < 1.29 is 8.83 Å². The molecule has 3 heterocycles. The lowest BCUT2D eigenvalue weighted by molar-refractivity contribution is 0.669. The number of aromatic nitrogens is 3. The van der Waals surface area contributed by atoms with Gasteiger partial charge in [0.15, 0.2) is 17.5 Å². The van der Waals surface area contributed by atoms with Crippen LogP contribution in [0.5, 0.6) is 0 Å². The van der Waals surface area contributed by atoms with Crippen LogP contribution in [-0.4, -0.2) is 15.0 Å². The third-order valence-corrected chi connectivity index (χ3v) is 10.7. The maximum atomic E-state index is 6.37. The Hall–Kier alpha value is -7.11. The Morgan fingerprint density at radius 3 is 1.79 bits per heavy atom. The Kier molecular flexibility index (Phi) is 5.44. The van der Waals surface area contributed by atoms with Crippen LogP contribution >= 0.6 is 0 Å². The van der Waals surface area contributed by atoms with Gasteiger partial charge in [-0.1, -0.05) is 109 Å². The fourth-order valence-corrected chi connectivity index (χ4v) is 8.36. The lowest BCUT2D eigenvalue weighted by atomic mass is 9.98. The number of hydrogen-bond acceptors (Lipinski definition) is 5. The highest BCUT2D eigenvalue weighted by molar-refractivity contribution is 6.19. The number of para-hydroxylation sites is 2. The van der Waals surface area contributed by atoms with Gasteiger partial charge in [-0.3, -0.25) is 0 Å². The van der Waals surface area contributed by atoms with E-state index in [0.717, 1.165) is 76.7 Å². The van der Waals surface area contributed by atoms with Crippen molar-refractivity contribution in [2.75, 3.05) is 0 Å². The van der Waals surface area contributed by atoms with Crippen molar-refractivity contribution in [1.82, 2.24) is 15.0 Å². The van der Waals surface area contributed by atoms with E-state index in [1.165, 1.54) is 27.6 Å². The molecule has 0 N–H and O–H groups in total. The van der Waals surface area contributed by atoms with E-state index in [2.05, 4.69) is 103 Å². The predicted octanol–water partition coefficient (Wildman–Crippen LogP) is 12.6. The number of nitrogens with zero attached hydrogens (tertiary/aromatic N) is 3. The minimum Gasteiger partial charge on any atom is -0.456 e. The highest BCUT2D eigenvalue weighted by Crippen LogP contribution is 2.49. The van der Waals surface area contributed by atoms with E-state index in [0.29, 0.717) is 17.5 Å². The monoisotopic (exact) mass is 663 g/mol. The van der Waals surface area contributed by atoms with Gasteiger partial charge < -0.3 is 8.83 Å². The average Bonchev–Trinajstić information content (AvgIpc) is 3.88. The van der Waals surface area contributed by atoms with E-state index in [-0.39, 0.29) is 0 Å². The molecule has 52 heavy (non-hydrogen) atoms. The van der Waals surface area contributed by atoms with Crippen molar-refractivity contribution in [3.8, 4) is 56.4 Å². The summed E-state index contributed by atoms with van der Waals surface area (Å²) in [5.74, 6) is 1.82. The van der Waals surface area contributed by atoms with Gasteiger partial charge in [0, 0.05) is 43.6 Å². The Bertz CT molecular complexity index is 3290. The first kappa shape index (κ1) is 27.7. The molecule has 12 rings (SSSR count). The van der Waals surface area contributed by atoms with Gasteiger partial charge >= 0.3 is 0 Å². The molecular formula is C47H25N3O2. The lowest BCUT2D eigenvalue weighted by Gasteiger charge is -2.12. The molecule has 5 heteroatoms. The first-order chi connectivity index (χ1) is 25.8. The van der Waals surface area contributed by atoms with Crippen molar-refractivity contribution in [3.63, 3.8) is 0 Å². The zero-order valence-electron chi connectivity index (χ0n) is 27.6. The molecule has 240 valence electrons. The fraction of sp³-hybridized carbons (Fsp3) is 0. The van der Waals surface area contributed by atoms with Crippen molar-refractivity contribution >= 4 is 65.4 Å². The minimum atomic E-state index is 0.594. The van der Waals surface area contributed by atoms with Gasteiger partial charge in [0.05, 0.1) is 0 Å². The highest BCUT2D eigenvalue weighted by Gasteiger charge is 2.24. The number of benzene rings is 8. The van der Waals surface area contributed by atoms with Crippen LogP contribution in [0.2, 0.25) is 0 Å². The number of rotatable bonds is 3. The molecule has 0 saturated carbocycles. The molecule has 11 aromatic rings. The summed E-state index contributed by atoms with van der Waals surface area (Å²) >= 11 is 0. The number of furan rings is 2. The molecule has 0 amide bonds. The topological polar surface area (TPSA) is 65.0 Å². The Balaban J connectivity index is 1.12. The van der Waals surface area contributed by atoms with Gasteiger partial charge in [0.1, 0.15) is 22.3 Å². The third-order valence-electron chi connectivity index (χ3n) is 10.7. The molecule has 0 radical (unpaired) electrons. The second-order valence-electron chi connectivity index (χ2n) is 13.5. The van der Waals surface area contributed by atoms with E-state index in [1.807, 2.05) is 48.5 Å². The summed E-state index contributed by atoms with van der Waals surface area (Å²) in [5, 5.41) is 8.69. The third kappa shape index (κ3) is 3.79. The summed E-state index contributed by atoms with van der Waals surface area (Å²) in [4.78, 5) is 15.7. The Labute approximate surface area is 296 Å². The molecule has 0 bridgehead atoms. The minimum absolute atomic E-state index is 0.594. The molecule has 1 aliphatic carbocycles. The second-order valence-corrected chi connectivity index (χ2v) is 13.5. The molecule has 1 aliphatic rings. The van der Waals surface area contributed by atoms with Gasteiger partial charge in [0.2, 0.25) is 0 Å². The van der Waals surface area contributed by atoms with Crippen molar-refractivity contribution in [2.45, 2.75) is 0 Å². The van der Waals surface area contributed by atoms with Crippen LogP contribution in [0.3, 0.4) is 0 Å². The number of fused-ring (bicyclic) bond motifs is 11. The maximum Gasteiger partial charge on any atom is 0.164 e. The summed E-state index contributed by atoms with van der Waals surface area (Å²) in [6, 6.07) is 52.6. The van der Waals surface area contributed by atoms with Gasteiger partial charge in [-0.25, -0.2) is 15.0 Å².